The molecule has 0 saturated carbocycles. The molecule has 0 saturated heterocycles. The number of anilines is 1. The van der Waals surface area contributed by atoms with Crippen LogP contribution in [0.3, 0.4) is 0 Å². The van der Waals surface area contributed by atoms with Gasteiger partial charge in [0.15, 0.2) is 0 Å². The van der Waals surface area contributed by atoms with Crippen molar-refractivity contribution in [3.05, 3.63) is 44.5 Å². The zero-order valence-corrected chi connectivity index (χ0v) is 12.9. The first-order chi connectivity index (χ1) is 9.17. The average Bonchev–Trinajstić information content (AvgIpc) is 2.27. The van der Waals surface area contributed by atoms with Gasteiger partial charge in [-0.3, -0.25) is 15.4 Å². The van der Waals surface area contributed by atoms with Gasteiger partial charge in [0, 0.05) is 10.5 Å². The summed E-state index contributed by atoms with van der Waals surface area (Å²) in [4.78, 5) is 21.4. The largest absolute Gasteiger partial charge is 0.444 e. The van der Waals surface area contributed by atoms with Crippen molar-refractivity contribution >= 4 is 33.8 Å². The molecule has 20 heavy (non-hydrogen) atoms. The number of amides is 1. The Morgan fingerprint density at radius 2 is 2.10 bits per heavy atom. The highest BCUT2D eigenvalue weighted by atomic mass is 79.9. The van der Waals surface area contributed by atoms with Crippen LogP contribution in [0.2, 0.25) is 0 Å². The fourth-order valence-corrected chi connectivity index (χ4v) is 1.65. The van der Waals surface area contributed by atoms with Crippen LogP contribution in [0, 0.1) is 10.1 Å². The molecule has 0 radical (unpaired) electrons. The Morgan fingerprint density at radius 1 is 1.45 bits per heavy atom. The van der Waals surface area contributed by atoms with Crippen LogP contribution in [-0.4, -0.2) is 16.6 Å². The molecule has 0 spiro atoms. The van der Waals surface area contributed by atoms with E-state index in [0.717, 1.165) is 6.20 Å². The van der Waals surface area contributed by atoms with Crippen molar-refractivity contribution in [1.29, 1.82) is 0 Å². The van der Waals surface area contributed by atoms with E-state index < -0.39 is 16.6 Å². The van der Waals surface area contributed by atoms with Gasteiger partial charge in [-0.15, -0.1) is 0 Å². The van der Waals surface area contributed by atoms with E-state index in [1.807, 2.05) is 0 Å². The number of nitrogens with zero attached hydrogens (tertiary/aromatic N) is 1. The zero-order chi connectivity index (χ0) is 15.3. The second-order valence-electron chi connectivity index (χ2n) is 4.97. The quantitative estimate of drug-likeness (QED) is 0.663. The first-order valence-electron chi connectivity index (χ1n) is 5.78. The van der Waals surface area contributed by atoms with Crippen LogP contribution in [0.15, 0.2) is 28.9 Å². The van der Waals surface area contributed by atoms with Crippen molar-refractivity contribution < 1.29 is 14.5 Å². The van der Waals surface area contributed by atoms with Crippen LogP contribution in [0.5, 0.6) is 0 Å². The van der Waals surface area contributed by atoms with Gasteiger partial charge in [-0.25, -0.2) is 4.79 Å². The standard InChI is InChI=1S/C13H15BrN2O4/c1-13(2,3)20-12(17)15-11-8-9(4-5-10(11)14)6-7-16(18)19/h4-8H,1-3H3,(H,15,17)/b7-6+. The van der Waals surface area contributed by atoms with E-state index in [0.29, 0.717) is 15.7 Å². The van der Waals surface area contributed by atoms with Gasteiger partial charge in [-0.05, 0) is 54.4 Å². The maximum absolute atomic E-state index is 11.7. The molecule has 1 aromatic rings. The molecular formula is C13H15BrN2O4. The maximum Gasteiger partial charge on any atom is 0.412 e. The van der Waals surface area contributed by atoms with E-state index in [4.69, 9.17) is 4.74 Å². The van der Waals surface area contributed by atoms with E-state index in [1.165, 1.54) is 6.08 Å². The van der Waals surface area contributed by atoms with E-state index >= 15 is 0 Å². The minimum Gasteiger partial charge on any atom is -0.444 e. The number of ether oxygens (including phenoxy) is 1. The smallest absolute Gasteiger partial charge is 0.412 e. The van der Waals surface area contributed by atoms with Crippen molar-refractivity contribution in [2.75, 3.05) is 5.32 Å². The summed E-state index contributed by atoms with van der Waals surface area (Å²) in [6.45, 7) is 5.29. The normalized spacial score (nSPS) is 11.4. The number of nitro groups is 1. The number of rotatable bonds is 3. The molecule has 0 aliphatic heterocycles. The summed E-state index contributed by atoms with van der Waals surface area (Å²) in [5.41, 5.74) is 0.473. The molecule has 1 aromatic carbocycles. The lowest BCUT2D eigenvalue weighted by Crippen LogP contribution is -2.27. The van der Waals surface area contributed by atoms with Gasteiger partial charge in [0.2, 0.25) is 6.20 Å². The number of carbonyl (C=O) groups is 1. The van der Waals surface area contributed by atoms with Gasteiger partial charge in [-0.1, -0.05) is 6.07 Å². The van der Waals surface area contributed by atoms with Crippen LogP contribution in [0.4, 0.5) is 10.5 Å². The minimum atomic E-state index is -0.598. The molecule has 1 rings (SSSR count). The highest BCUT2D eigenvalue weighted by Gasteiger charge is 2.17. The van der Waals surface area contributed by atoms with Crippen molar-refractivity contribution in [2.45, 2.75) is 26.4 Å². The summed E-state index contributed by atoms with van der Waals surface area (Å²) >= 11 is 3.29. The second kappa shape index (κ2) is 6.51. The van der Waals surface area contributed by atoms with E-state index in [1.54, 1.807) is 39.0 Å². The minimum absolute atomic E-state index is 0.477. The van der Waals surface area contributed by atoms with E-state index in [9.17, 15) is 14.9 Å². The molecule has 0 aliphatic carbocycles. The van der Waals surface area contributed by atoms with E-state index in [-0.39, 0.29) is 0 Å². The van der Waals surface area contributed by atoms with Crippen molar-refractivity contribution in [1.82, 2.24) is 0 Å². The van der Waals surface area contributed by atoms with Gasteiger partial charge in [0.1, 0.15) is 5.60 Å². The summed E-state index contributed by atoms with van der Waals surface area (Å²) in [6, 6.07) is 4.98. The molecule has 1 amide bonds. The molecular weight excluding hydrogens is 328 g/mol. The average molecular weight is 343 g/mol. The molecule has 0 aromatic heterocycles. The summed E-state index contributed by atoms with van der Waals surface area (Å²) in [5.74, 6) is 0. The lowest BCUT2D eigenvalue weighted by Gasteiger charge is -2.20. The number of carbonyl (C=O) groups excluding carboxylic acids is 1. The van der Waals surface area contributed by atoms with Crippen LogP contribution >= 0.6 is 15.9 Å². The zero-order valence-electron chi connectivity index (χ0n) is 11.3. The predicted octanol–water partition coefficient (Wildman–Crippen LogP) is 4.04. The Morgan fingerprint density at radius 3 is 2.65 bits per heavy atom. The summed E-state index contributed by atoms with van der Waals surface area (Å²) in [5, 5.41) is 12.9. The Labute approximate surface area is 125 Å². The van der Waals surface area contributed by atoms with Gasteiger partial charge < -0.3 is 4.74 Å². The second-order valence-corrected chi connectivity index (χ2v) is 5.82. The molecule has 7 heteroatoms. The van der Waals surface area contributed by atoms with Gasteiger partial charge in [0.05, 0.1) is 10.6 Å². The molecule has 1 N–H and O–H groups in total. The Hall–Kier alpha value is -1.89. The topological polar surface area (TPSA) is 81.5 Å². The molecule has 0 atom stereocenters. The first kappa shape index (κ1) is 16.2. The molecule has 0 unspecified atom stereocenters. The Kier molecular flexibility index (Phi) is 5.26. The third-order valence-electron chi connectivity index (χ3n) is 2.01. The molecule has 0 aliphatic rings. The number of nitrogens with one attached hydrogen (secondary N) is 1. The first-order valence-corrected chi connectivity index (χ1v) is 6.58. The molecule has 0 fully saturated rings. The Bertz CT molecular complexity index is 550. The highest BCUT2D eigenvalue weighted by molar-refractivity contribution is 9.10. The lowest BCUT2D eigenvalue weighted by atomic mass is 10.2. The predicted molar refractivity (Wildman–Crippen MR) is 80.0 cm³/mol. The Balaban J connectivity index is 2.87. The van der Waals surface area contributed by atoms with Crippen molar-refractivity contribution in [3.8, 4) is 0 Å². The number of halogens is 1. The molecule has 0 bridgehead atoms. The monoisotopic (exact) mass is 342 g/mol. The number of hydrogen-bond acceptors (Lipinski definition) is 4. The maximum atomic E-state index is 11.7. The third kappa shape index (κ3) is 5.83. The lowest BCUT2D eigenvalue weighted by molar-refractivity contribution is -0.400. The fourth-order valence-electron chi connectivity index (χ4n) is 1.30. The van der Waals surface area contributed by atoms with Gasteiger partial charge in [0.25, 0.3) is 0 Å². The summed E-state index contributed by atoms with van der Waals surface area (Å²) < 4.78 is 5.79. The fraction of sp³-hybridized carbons (Fsp3) is 0.308. The summed E-state index contributed by atoms with van der Waals surface area (Å²) in [7, 11) is 0. The number of benzene rings is 1. The van der Waals surface area contributed by atoms with E-state index in [2.05, 4.69) is 21.2 Å². The molecule has 108 valence electrons. The SMILES string of the molecule is CC(C)(C)OC(=O)Nc1cc(/C=C/[N+](=O)[O-])ccc1Br. The van der Waals surface area contributed by atoms with Gasteiger partial charge in [-0.2, -0.15) is 0 Å². The summed E-state index contributed by atoms with van der Waals surface area (Å²) in [6.07, 6.45) is 1.58. The van der Waals surface area contributed by atoms with Crippen molar-refractivity contribution in [3.63, 3.8) is 0 Å². The molecule has 6 nitrogen and oxygen atoms in total. The third-order valence-corrected chi connectivity index (χ3v) is 2.71. The number of hydrogen-bond donors (Lipinski definition) is 1. The van der Waals surface area contributed by atoms with Crippen LogP contribution in [0.25, 0.3) is 6.08 Å². The van der Waals surface area contributed by atoms with Crippen LogP contribution in [-0.2, 0) is 4.74 Å². The van der Waals surface area contributed by atoms with Crippen molar-refractivity contribution in [2.24, 2.45) is 0 Å². The van der Waals surface area contributed by atoms with Gasteiger partial charge >= 0.3 is 6.09 Å². The molecule has 0 heterocycles. The highest BCUT2D eigenvalue weighted by Crippen LogP contribution is 2.25. The van der Waals surface area contributed by atoms with Crippen LogP contribution in [0.1, 0.15) is 26.3 Å². The van der Waals surface area contributed by atoms with Crippen LogP contribution < -0.4 is 5.32 Å².